The molecule has 1 amide bonds. The molecule has 0 spiro atoms. The van der Waals surface area contributed by atoms with Crippen LogP contribution >= 0.6 is 15.9 Å². The number of hydrazone groups is 1. The lowest BCUT2D eigenvalue weighted by molar-refractivity contribution is 0.0955. The summed E-state index contributed by atoms with van der Waals surface area (Å²) in [5, 5.41) is 4.10. The fraction of sp³-hybridized carbons (Fsp3) is 0.111. The maximum Gasteiger partial charge on any atom is 0.271 e. The minimum atomic E-state index is -0.309. The van der Waals surface area contributed by atoms with Crippen LogP contribution in [0.3, 0.4) is 0 Å². The quantitative estimate of drug-likeness (QED) is 0.241. The summed E-state index contributed by atoms with van der Waals surface area (Å²) in [6, 6.07) is 25.5. The van der Waals surface area contributed by atoms with Crippen LogP contribution in [-0.2, 0) is 0 Å². The van der Waals surface area contributed by atoms with E-state index < -0.39 is 0 Å². The lowest BCUT2D eigenvalue weighted by atomic mass is 10.1. The summed E-state index contributed by atoms with van der Waals surface area (Å²) in [6.07, 6.45) is 1.52. The SMILES string of the molecule is COc1cc(Br)cc(/C=N/NC(=O)c2ccc(-n3c(C)ccc3-c3ccccc3)cc2)c1OC. The van der Waals surface area contributed by atoms with E-state index in [1.54, 1.807) is 32.4 Å². The van der Waals surface area contributed by atoms with E-state index in [4.69, 9.17) is 9.47 Å². The van der Waals surface area contributed by atoms with Gasteiger partial charge in [-0.3, -0.25) is 4.79 Å². The number of methoxy groups -OCH3 is 2. The molecule has 1 N–H and O–H groups in total. The first kappa shape index (κ1) is 23.3. The van der Waals surface area contributed by atoms with Crippen molar-refractivity contribution in [2.24, 2.45) is 5.10 Å². The molecule has 3 aromatic carbocycles. The Hall–Kier alpha value is -3.84. The molecule has 172 valence electrons. The zero-order valence-electron chi connectivity index (χ0n) is 19.1. The van der Waals surface area contributed by atoms with Gasteiger partial charge in [-0.2, -0.15) is 5.10 Å². The Morgan fingerprint density at radius 2 is 1.71 bits per heavy atom. The second kappa shape index (κ2) is 10.4. The lowest BCUT2D eigenvalue weighted by Crippen LogP contribution is -2.17. The van der Waals surface area contributed by atoms with Crippen LogP contribution < -0.4 is 14.9 Å². The van der Waals surface area contributed by atoms with Crippen LogP contribution in [0.1, 0.15) is 21.6 Å². The summed E-state index contributed by atoms with van der Waals surface area (Å²) in [6.45, 7) is 2.06. The molecule has 0 radical (unpaired) electrons. The molecule has 1 heterocycles. The lowest BCUT2D eigenvalue weighted by Gasteiger charge is -2.13. The minimum absolute atomic E-state index is 0.309. The Labute approximate surface area is 207 Å². The number of aromatic nitrogens is 1. The number of carbonyl (C=O) groups excluding carboxylic acids is 1. The maximum absolute atomic E-state index is 12.6. The van der Waals surface area contributed by atoms with E-state index in [9.17, 15) is 4.79 Å². The van der Waals surface area contributed by atoms with E-state index in [2.05, 4.69) is 62.2 Å². The number of nitrogens with zero attached hydrogens (tertiary/aromatic N) is 2. The molecule has 0 aliphatic heterocycles. The van der Waals surface area contributed by atoms with E-state index in [-0.39, 0.29) is 5.91 Å². The van der Waals surface area contributed by atoms with E-state index in [0.717, 1.165) is 27.1 Å². The smallest absolute Gasteiger partial charge is 0.271 e. The summed E-state index contributed by atoms with van der Waals surface area (Å²) in [5.41, 5.74) is 8.06. The van der Waals surface area contributed by atoms with Crippen LogP contribution in [-0.4, -0.2) is 30.9 Å². The molecule has 1 aromatic heterocycles. The molecule has 6 nitrogen and oxygen atoms in total. The molecule has 0 aliphatic rings. The van der Waals surface area contributed by atoms with Gasteiger partial charge in [0.15, 0.2) is 11.5 Å². The zero-order valence-corrected chi connectivity index (χ0v) is 20.7. The van der Waals surface area contributed by atoms with Crippen LogP contribution in [0.25, 0.3) is 16.9 Å². The Bertz CT molecular complexity index is 1330. The van der Waals surface area contributed by atoms with Crippen molar-refractivity contribution in [1.82, 2.24) is 9.99 Å². The van der Waals surface area contributed by atoms with Crippen molar-refractivity contribution in [1.29, 1.82) is 0 Å². The van der Waals surface area contributed by atoms with Crippen molar-refractivity contribution in [3.05, 3.63) is 100 Å². The van der Waals surface area contributed by atoms with E-state index >= 15 is 0 Å². The second-order valence-corrected chi connectivity index (χ2v) is 8.45. The summed E-state index contributed by atoms with van der Waals surface area (Å²) in [7, 11) is 3.12. The summed E-state index contributed by atoms with van der Waals surface area (Å²) < 4.78 is 13.7. The first-order valence-corrected chi connectivity index (χ1v) is 11.4. The molecule has 34 heavy (non-hydrogen) atoms. The molecule has 0 bridgehead atoms. The molecule has 0 atom stereocenters. The third kappa shape index (κ3) is 4.89. The highest BCUT2D eigenvalue weighted by molar-refractivity contribution is 9.10. The molecule has 7 heteroatoms. The number of hydrogen-bond donors (Lipinski definition) is 1. The van der Waals surface area contributed by atoms with E-state index in [0.29, 0.717) is 22.6 Å². The zero-order chi connectivity index (χ0) is 24.1. The van der Waals surface area contributed by atoms with Crippen molar-refractivity contribution < 1.29 is 14.3 Å². The average Bonchev–Trinajstić information content (AvgIpc) is 3.25. The highest BCUT2D eigenvalue weighted by Gasteiger charge is 2.12. The molecule has 0 fully saturated rings. The van der Waals surface area contributed by atoms with Gasteiger partial charge in [-0.15, -0.1) is 0 Å². The fourth-order valence-electron chi connectivity index (χ4n) is 3.76. The minimum Gasteiger partial charge on any atom is -0.493 e. The predicted octanol–water partition coefficient (Wildman–Crippen LogP) is 6.00. The molecular formula is C27H24BrN3O3. The van der Waals surface area contributed by atoms with Gasteiger partial charge in [-0.25, -0.2) is 5.43 Å². The van der Waals surface area contributed by atoms with Crippen molar-refractivity contribution in [2.75, 3.05) is 14.2 Å². The van der Waals surface area contributed by atoms with Gasteiger partial charge in [0.1, 0.15) is 0 Å². The van der Waals surface area contributed by atoms with E-state index in [1.165, 1.54) is 6.21 Å². The summed E-state index contributed by atoms with van der Waals surface area (Å²) in [4.78, 5) is 12.6. The van der Waals surface area contributed by atoms with Gasteiger partial charge in [-0.05, 0) is 61.0 Å². The van der Waals surface area contributed by atoms with Crippen molar-refractivity contribution in [3.63, 3.8) is 0 Å². The van der Waals surface area contributed by atoms with Crippen LogP contribution in [0.2, 0.25) is 0 Å². The topological polar surface area (TPSA) is 64.8 Å². The van der Waals surface area contributed by atoms with Gasteiger partial charge < -0.3 is 14.0 Å². The molecule has 4 aromatic rings. The Balaban J connectivity index is 1.52. The molecule has 0 unspecified atom stereocenters. The predicted molar refractivity (Wildman–Crippen MR) is 138 cm³/mol. The average molecular weight is 518 g/mol. The Morgan fingerprint density at radius 1 is 0.971 bits per heavy atom. The first-order valence-electron chi connectivity index (χ1n) is 10.6. The number of benzene rings is 3. The second-order valence-electron chi connectivity index (χ2n) is 7.54. The Morgan fingerprint density at radius 3 is 2.38 bits per heavy atom. The summed E-state index contributed by atoms with van der Waals surface area (Å²) >= 11 is 3.44. The van der Waals surface area contributed by atoms with Crippen molar-refractivity contribution in [2.45, 2.75) is 6.92 Å². The van der Waals surface area contributed by atoms with Crippen LogP contribution in [0.15, 0.2) is 88.4 Å². The highest BCUT2D eigenvalue weighted by Crippen LogP contribution is 2.33. The van der Waals surface area contributed by atoms with Gasteiger partial charge in [0.05, 0.1) is 26.1 Å². The van der Waals surface area contributed by atoms with E-state index in [1.807, 2.05) is 36.4 Å². The maximum atomic E-state index is 12.6. The van der Waals surface area contributed by atoms with Crippen molar-refractivity contribution in [3.8, 4) is 28.4 Å². The highest BCUT2D eigenvalue weighted by atomic mass is 79.9. The number of carbonyl (C=O) groups is 1. The summed E-state index contributed by atoms with van der Waals surface area (Å²) in [5.74, 6) is 0.788. The van der Waals surface area contributed by atoms with Crippen LogP contribution in [0, 0.1) is 6.92 Å². The van der Waals surface area contributed by atoms with Gasteiger partial charge in [-0.1, -0.05) is 46.3 Å². The number of nitrogens with one attached hydrogen (secondary N) is 1. The van der Waals surface area contributed by atoms with Crippen LogP contribution in [0.4, 0.5) is 0 Å². The third-order valence-corrected chi connectivity index (χ3v) is 5.83. The standard InChI is InChI=1S/C27H24BrN3O3/c1-18-9-14-24(19-7-5-4-6-8-19)31(18)23-12-10-20(11-13-23)27(32)30-29-17-21-15-22(28)16-25(33-2)26(21)34-3/h4-17H,1-3H3,(H,30,32)/b29-17+. The fourth-order valence-corrected chi connectivity index (χ4v) is 4.21. The normalized spacial score (nSPS) is 10.9. The monoisotopic (exact) mass is 517 g/mol. The van der Waals surface area contributed by atoms with Gasteiger partial charge >= 0.3 is 0 Å². The number of halogens is 1. The van der Waals surface area contributed by atoms with Gasteiger partial charge in [0.2, 0.25) is 0 Å². The molecule has 0 aliphatic carbocycles. The largest absolute Gasteiger partial charge is 0.493 e. The third-order valence-electron chi connectivity index (χ3n) is 5.38. The Kier molecular flexibility index (Phi) is 7.13. The van der Waals surface area contributed by atoms with Crippen LogP contribution in [0.5, 0.6) is 11.5 Å². The number of amides is 1. The molecule has 0 saturated heterocycles. The van der Waals surface area contributed by atoms with Crippen molar-refractivity contribution >= 4 is 28.1 Å². The number of aryl methyl sites for hydroxylation is 1. The molecule has 0 saturated carbocycles. The number of hydrogen-bond acceptors (Lipinski definition) is 4. The number of rotatable bonds is 7. The molecule has 4 rings (SSSR count). The van der Waals surface area contributed by atoms with Gasteiger partial charge in [0.25, 0.3) is 5.91 Å². The molecular weight excluding hydrogens is 494 g/mol. The van der Waals surface area contributed by atoms with Gasteiger partial charge in [0, 0.05) is 27.0 Å². The number of ether oxygens (including phenoxy) is 2. The first-order chi connectivity index (χ1) is 16.5.